The van der Waals surface area contributed by atoms with Gasteiger partial charge in [-0.15, -0.1) is 0 Å². The maximum absolute atomic E-state index is 11.6. The van der Waals surface area contributed by atoms with Crippen molar-refractivity contribution in [2.24, 2.45) is 0 Å². The predicted octanol–water partition coefficient (Wildman–Crippen LogP) is 2.41. The van der Waals surface area contributed by atoms with Crippen molar-refractivity contribution in [3.63, 3.8) is 0 Å². The molecule has 18 heavy (non-hydrogen) atoms. The van der Waals surface area contributed by atoms with Crippen molar-refractivity contribution in [2.75, 3.05) is 0 Å². The topological polar surface area (TPSA) is 42.0 Å². The minimum absolute atomic E-state index is 0.109. The molecular formula is C15H14N2O. The Morgan fingerprint density at radius 3 is 2.72 bits per heavy atom. The molecule has 0 aliphatic heterocycles. The number of hydrogen-bond donors (Lipinski definition) is 1. The van der Waals surface area contributed by atoms with Crippen molar-refractivity contribution in [1.29, 1.82) is 0 Å². The number of carbonyl (C=O) groups excluding carboxylic acids is 1. The molecule has 0 atom stereocenters. The summed E-state index contributed by atoms with van der Waals surface area (Å²) < 4.78 is 0. The van der Waals surface area contributed by atoms with Crippen LogP contribution < -0.4 is 5.32 Å². The van der Waals surface area contributed by atoms with E-state index in [2.05, 4.69) is 10.3 Å². The molecule has 2 aromatic rings. The number of nitrogens with one attached hydrogen (secondary N) is 1. The van der Waals surface area contributed by atoms with E-state index >= 15 is 0 Å². The van der Waals surface area contributed by atoms with Crippen molar-refractivity contribution in [1.82, 2.24) is 10.3 Å². The largest absolute Gasteiger partial charge is 0.348 e. The average Bonchev–Trinajstić information content (AvgIpc) is 2.45. The van der Waals surface area contributed by atoms with Gasteiger partial charge in [-0.3, -0.25) is 9.78 Å². The molecule has 3 nitrogen and oxygen atoms in total. The number of rotatable bonds is 4. The van der Waals surface area contributed by atoms with Crippen LogP contribution in [0, 0.1) is 0 Å². The first kappa shape index (κ1) is 12.0. The molecule has 2 rings (SSSR count). The zero-order chi connectivity index (χ0) is 12.6. The summed E-state index contributed by atoms with van der Waals surface area (Å²) >= 11 is 0. The molecule has 90 valence electrons. The Hall–Kier alpha value is -2.42. The molecule has 1 N–H and O–H groups in total. The monoisotopic (exact) mass is 238 g/mol. The SMILES string of the molecule is O=C(C=Cc1cccnc1)NCc1ccccc1. The Morgan fingerprint density at radius 2 is 2.00 bits per heavy atom. The number of pyridine rings is 1. The lowest BCUT2D eigenvalue weighted by atomic mass is 10.2. The van der Waals surface area contributed by atoms with Gasteiger partial charge >= 0.3 is 0 Å². The van der Waals surface area contributed by atoms with Gasteiger partial charge in [-0.25, -0.2) is 0 Å². The summed E-state index contributed by atoms with van der Waals surface area (Å²) in [6.45, 7) is 0.539. The van der Waals surface area contributed by atoms with Gasteiger partial charge < -0.3 is 5.32 Å². The van der Waals surface area contributed by atoms with Crippen LogP contribution in [0.1, 0.15) is 11.1 Å². The third kappa shape index (κ3) is 3.87. The third-order valence-corrected chi connectivity index (χ3v) is 2.42. The number of amides is 1. The van der Waals surface area contributed by atoms with Crippen molar-refractivity contribution in [3.05, 3.63) is 72.1 Å². The van der Waals surface area contributed by atoms with Gasteiger partial charge in [0.05, 0.1) is 0 Å². The molecule has 3 heteroatoms. The molecule has 0 saturated heterocycles. The normalized spacial score (nSPS) is 10.4. The fraction of sp³-hybridized carbons (Fsp3) is 0.0667. The summed E-state index contributed by atoms with van der Waals surface area (Å²) in [7, 11) is 0. The van der Waals surface area contributed by atoms with Crippen molar-refractivity contribution >= 4 is 12.0 Å². The van der Waals surface area contributed by atoms with Crippen LogP contribution >= 0.6 is 0 Å². The first-order valence-corrected chi connectivity index (χ1v) is 5.74. The number of benzene rings is 1. The Kier molecular flexibility index (Phi) is 4.25. The summed E-state index contributed by atoms with van der Waals surface area (Å²) in [4.78, 5) is 15.5. The van der Waals surface area contributed by atoms with Crippen molar-refractivity contribution in [2.45, 2.75) is 6.54 Å². The smallest absolute Gasteiger partial charge is 0.244 e. The van der Waals surface area contributed by atoms with Crippen LogP contribution in [-0.4, -0.2) is 10.9 Å². The fourth-order valence-electron chi connectivity index (χ4n) is 1.49. The quantitative estimate of drug-likeness (QED) is 0.831. The molecule has 0 aliphatic rings. The van der Waals surface area contributed by atoms with Crippen LogP contribution in [0.4, 0.5) is 0 Å². The fourth-order valence-corrected chi connectivity index (χ4v) is 1.49. The van der Waals surface area contributed by atoms with E-state index in [-0.39, 0.29) is 5.91 Å². The minimum atomic E-state index is -0.109. The van der Waals surface area contributed by atoms with E-state index in [0.717, 1.165) is 11.1 Å². The van der Waals surface area contributed by atoms with Gasteiger partial charge in [-0.2, -0.15) is 0 Å². The molecule has 1 heterocycles. The van der Waals surface area contributed by atoms with Gasteiger partial charge in [0, 0.05) is 25.0 Å². The molecule has 0 aliphatic carbocycles. The van der Waals surface area contributed by atoms with Gasteiger partial charge in [0.2, 0.25) is 5.91 Å². The molecule has 0 radical (unpaired) electrons. The molecule has 0 spiro atoms. The maximum atomic E-state index is 11.6. The van der Waals surface area contributed by atoms with E-state index in [1.807, 2.05) is 42.5 Å². The second-order valence-corrected chi connectivity index (χ2v) is 3.82. The van der Waals surface area contributed by atoms with E-state index in [4.69, 9.17) is 0 Å². The number of hydrogen-bond acceptors (Lipinski definition) is 2. The maximum Gasteiger partial charge on any atom is 0.244 e. The molecule has 0 fully saturated rings. The van der Waals surface area contributed by atoms with E-state index in [0.29, 0.717) is 6.54 Å². The highest BCUT2D eigenvalue weighted by atomic mass is 16.1. The summed E-state index contributed by atoms with van der Waals surface area (Å²) in [5.74, 6) is -0.109. The highest BCUT2D eigenvalue weighted by Gasteiger charge is 1.95. The second-order valence-electron chi connectivity index (χ2n) is 3.82. The Bertz CT molecular complexity index is 521. The van der Waals surface area contributed by atoms with Gasteiger partial charge in [-0.1, -0.05) is 36.4 Å². The lowest BCUT2D eigenvalue weighted by Crippen LogP contribution is -2.20. The van der Waals surface area contributed by atoms with Crippen LogP contribution in [0.5, 0.6) is 0 Å². The van der Waals surface area contributed by atoms with Gasteiger partial charge in [0.1, 0.15) is 0 Å². The van der Waals surface area contributed by atoms with E-state index in [1.54, 1.807) is 18.5 Å². The second kappa shape index (κ2) is 6.35. The summed E-state index contributed by atoms with van der Waals surface area (Å²) in [5, 5.41) is 2.82. The third-order valence-electron chi connectivity index (χ3n) is 2.42. The van der Waals surface area contributed by atoms with Crippen LogP contribution in [0.2, 0.25) is 0 Å². The zero-order valence-corrected chi connectivity index (χ0v) is 9.91. The van der Waals surface area contributed by atoms with E-state index in [1.165, 1.54) is 6.08 Å². The van der Waals surface area contributed by atoms with Crippen molar-refractivity contribution in [3.8, 4) is 0 Å². The Labute approximate surface area is 106 Å². The molecule has 0 saturated carbocycles. The number of nitrogens with zero attached hydrogens (tertiary/aromatic N) is 1. The van der Waals surface area contributed by atoms with E-state index in [9.17, 15) is 4.79 Å². The highest BCUT2D eigenvalue weighted by molar-refractivity contribution is 5.91. The first-order valence-electron chi connectivity index (χ1n) is 5.74. The standard InChI is InChI=1S/C15H14N2O/c18-15(9-8-14-7-4-10-16-11-14)17-12-13-5-2-1-3-6-13/h1-11H,12H2,(H,17,18). The van der Waals surface area contributed by atoms with Crippen molar-refractivity contribution < 1.29 is 4.79 Å². The van der Waals surface area contributed by atoms with Crippen LogP contribution in [-0.2, 0) is 11.3 Å². The average molecular weight is 238 g/mol. The molecular weight excluding hydrogens is 224 g/mol. The lowest BCUT2D eigenvalue weighted by molar-refractivity contribution is -0.116. The molecule has 1 aromatic heterocycles. The van der Waals surface area contributed by atoms with Gasteiger partial charge in [-0.05, 0) is 23.3 Å². The van der Waals surface area contributed by atoms with Crippen LogP contribution in [0.25, 0.3) is 6.08 Å². The summed E-state index contributed by atoms with van der Waals surface area (Å²) in [5.41, 5.74) is 1.99. The van der Waals surface area contributed by atoms with E-state index < -0.39 is 0 Å². The molecule has 0 unspecified atom stereocenters. The first-order chi connectivity index (χ1) is 8.84. The van der Waals surface area contributed by atoms with Gasteiger partial charge in [0.25, 0.3) is 0 Å². The lowest BCUT2D eigenvalue weighted by Gasteiger charge is -2.01. The summed E-state index contributed by atoms with van der Waals surface area (Å²) in [6.07, 6.45) is 6.67. The molecule has 0 bridgehead atoms. The number of aromatic nitrogens is 1. The molecule has 1 amide bonds. The minimum Gasteiger partial charge on any atom is -0.348 e. The van der Waals surface area contributed by atoms with Crippen LogP contribution in [0.3, 0.4) is 0 Å². The Morgan fingerprint density at radius 1 is 1.17 bits per heavy atom. The summed E-state index contributed by atoms with van der Waals surface area (Å²) in [6, 6.07) is 13.5. The predicted molar refractivity (Wildman–Crippen MR) is 71.6 cm³/mol. The Balaban J connectivity index is 1.84. The zero-order valence-electron chi connectivity index (χ0n) is 9.91. The van der Waals surface area contributed by atoms with Gasteiger partial charge in [0.15, 0.2) is 0 Å². The highest BCUT2D eigenvalue weighted by Crippen LogP contribution is 1.99. The number of carbonyl (C=O) groups is 1. The molecule has 1 aromatic carbocycles. The van der Waals surface area contributed by atoms with Crippen LogP contribution in [0.15, 0.2) is 60.9 Å².